The maximum absolute atomic E-state index is 3.73. The number of likely N-dealkylation sites (tertiary alicyclic amines) is 1. The standard InChI is InChI=1S/C16H22BrN/c1-12(17)13-6-8-18(9-7-13)11-15-10-14-4-2-3-5-16(14)15/h2-5,12-13,15H,6-11H2,1H3. The van der Waals surface area contributed by atoms with Crippen LogP contribution in [0.15, 0.2) is 24.3 Å². The van der Waals surface area contributed by atoms with Gasteiger partial charge in [0, 0.05) is 17.3 Å². The first-order valence-corrected chi connectivity index (χ1v) is 8.10. The van der Waals surface area contributed by atoms with Gasteiger partial charge in [-0.3, -0.25) is 0 Å². The Morgan fingerprint density at radius 2 is 2.00 bits per heavy atom. The van der Waals surface area contributed by atoms with Gasteiger partial charge in [-0.2, -0.15) is 0 Å². The molecule has 2 unspecified atom stereocenters. The minimum atomic E-state index is 0.684. The van der Waals surface area contributed by atoms with Crippen LogP contribution in [0, 0.1) is 5.92 Å². The number of benzene rings is 1. The summed E-state index contributed by atoms with van der Waals surface area (Å²) in [7, 11) is 0. The lowest BCUT2D eigenvalue weighted by Gasteiger charge is -2.38. The second-order valence-electron chi connectivity index (χ2n) is 5.92. The van der Waals surface area contributed by atoms with Crippen molar-refractivity contribution in [2.24, 2.45) is 5.92 Å². The molecule has 18 heavy (non-hydrogen) atoms. The molecule has 1 heterocycles. The van der Waals surface area contributed by atoms with Crippen molar-refractivity contribution < 1.29 is 0 Å². The average Bonchev–Trinajstić information content (AvgIpc) is 2.36. The summed E-state index contributed by atoms with van der Waals surface area (Å²) >= 11 is 3.73. The van der Waals surface area contributed by atoms with E-state index in [1.54, 1.807) is 11.1 Å². The van der Waals surface area contributed by atoms with Gasteiger partial charge in [0.2, 0.25) is 0 Å². The summed E-state index contributed by atoms with van der Waals surface area (Å²) < 4.78 is 0. The molecule has 0 bridgehead atoms. The van der Waals surface area contributed by atoms with Crippen LogP contribution < -0.4 is 0 Å². The predicted molar refractivity (Wildman–Crippen MR) is 80.4 cm³/mol. The van der Waals surface area contributed by atoms with Gasteiger partial charge in [0.05, 0.1) is 0 Å². The summed E-state index contributed by atoms with van der Waals surface area (Å²) in [5.74, 6) is 1.69. The fourth-order valence-corrected chi connectivity index (χ4v) is 3.96. The molecule has 1 aromatic carbocycles. The topological polar surface area (TPSA) is 3.24 Å². The van der Waals surface area contributed by atoms with Crippen molar-refractivity contribution in [3.05, 3.63) is 35.4 Å². The summed E-state index contributed by atoms with van der Waals surface area (Å²) in [5.41, 5.74) is 3.18. The molecule has 0 N–H and O–H groups in total. The van der Waals surface area contributed by atoms with Crippen molar-refractivity contribution in [2.45, 2.75) is 36.9 Å². The molecule has 1 fully saturated rings. The van der Waals surface area contributed by atoms with E-state index in [-0.39, 0.29) is 0 Å². The Bertz CT molecular complexity index is 407. The molecule has 2 atom stereocenters. The van der Waals surface area contributed by atoms with Crippen LogP contribution in [0.25, 0.3) is 0 Å². The Morgan fingerprint density at radius 1 is 1.28 bits per heavy atom. The van der Waals surface area contributed by atoms with E-state index < -0.39 is 0 Å². The van der Waals surface area contributed by atoms with E-state index in [9.17, 15) is 0 Å². The van der Waals surface area contributed by atoms with E-state index in [1.807, 2.05) is 0 Å². The number of fused-ring (bicyclic) bond motifs is 1. The molecule has 2 heteroatoms. The smallest absolute Gasteiger partial charge is 0.0146 e. The highest BCUT2D eigenvalue weighted by Crippen LogP contribution is 2.36. The van der Waals surface area contributed by atoms with E-state index in [0.717, 1.165) is 11.8 Å². The van der Waals surface area contributed by atoms with Gasteiger partial charge in [-0.25, -0.2) is 0 Å². The number of nitrogens with zero attached hydrogens (tertiary/aromatic N) is 1. The molecule has 1 aliphatic heterocycles. The second-order valence-corrected chi connectivity index (χ2v) is 7.36. The minimum Gasteiger partial charge on any atom is -0.303 e. The average molecular weight is 308 g/mol. The molecule has 0 saturated carbocycles. The molecule has 1 aliphatic carbocycles. The number of piperidine rings is 1. The fourth-order valence-electron chi connectivity index (χ4n) is 3.43. The highest BCUT2D eigenvalue weighted by atomic mass is 79.9. The zero-order valence-corrected chi connectivity index (χ0v) is 12.7. The summed E-state index contributed by atoms with van der Waals surface area (Å²) in [5, 5.41) is 0. The molecule has 0 radical (unpaired) electrons. The Kier molecular flexibility index (Phi) is 3.76. The Hall–Kier alpha value is -0.340. The lowest BCUT2D eigenvalue weighted by molar-refractivity contribution is 0.171. The lowest BCUT2D eigenvalue weighted by Crippen LogP contribution is -2.40. The summed E-state index contributed by atoms with van der Waals surface area (Å²) in [6.07, 6.45) is 4.02. The molecular weight excluding hydrogens is 286 g/mol. The van der Waals surface area contributed by atoms with Gasteiger partial charge in [-0.15, -0.1) is 0 Å². The second kappa shape index (κ2) is 5.34. The zero-order chi connectivity index (χ0) is 12.5. The lowest BCUT2D eigenvalue weighted by atomic mass is 9.77. The zero-order valence-electron chi connectivity index (χ0n) is 11.1. The Morgan fingerprint density at radius 3 is 2.67 bits per heavy atom. The molecule has 0 aromatic heterocycles. The minimum absolute atomic E-state index is 0.684. The van der Waals surface area contributed by atoms with Gasteiger partial charge in [-0.05, 0) is 49.4 Å². The van der Waals surface area contributed by atoms with Crippen molar-refractivity contribution in [1.82, 2.24) is 4.90 Å². The molecule has 98 valence electrons. The van der Waals surface area contributed by atoms with Crippen LogP contribution in [0.2, 0.25) is 0 Å². The predicted octanol–water partition coefficient (Wildman–Crippen LogP) is 3.82. The summed E-state index contributed by atoms with van der Waals surface area (Å²) in [4.78, 5) is 3.36. The molecule has 3 rings (SSSR count). The van der Waals surface area contributed by atoms with E-state index in [0.29, 0.717) is 4.83 Å². The van der Waals surface area contributed by atoms with Crippen LogP contribution in [0.3, 0.4) is 0 Å². The Labute approximate surface area is 119 Å². The summed E-state index contributed by atoms with van der Waals surface area (Å²) in [6, 6.07) is 8.95. The molecule has 1 saturated heterocycles. The number of hydrogen-bond donors (Lipinski definition) is 0. The highest BCUT2D eigenvalue weighted by molar-refractivity contribution is 9.09. The molecular formula is C16H22BrN. The molecule has 2 aliphatic rings. The van der Waals surface area contributed by atoms with Crippen LogP contribution in [0.1, 0.15) is 36.8 Å². The SMILES string of the molecule is CC(Br)C1CCN(CC2Cc3ccccc32)CC1. The monoisotopic (exact) mass is 307 g/mol. The van der Waals surface area contributed by atoms with E-state index >= 15 is 0 Å². The molecule has 1 aromatic rings. The van der Waals surface area contributed by atoms with Crippen LogP contribution in [0.4, 0.5) is 0 Å². The van der Waals surface area contributed by atoms with Crippen molar-refractivity contribution in [3.63, 3.8) is 0 Å². The maximum atomic E-state index is 3.73. The van der Waals surface area contributed by atoms with E-state index in [1.165, 1.54) is 38.9 Å². The number of rotatable bonds is 3. The van der Waals surface area contributed by atoms with Crippen molar-refractivity contribution in [2.75, 3.05) is 19.6 Å². The highest BCUT2D eigenvalue weighted by Gasteiger charge is 2.29. The van der Waals surface area contributed by atoms with Crippen molar-refractivity contribution in [1.29, 1.82) is 0 Å². The van der Waals surface area contributed by atoms with Gasteiger partial charge in [0.15, 0.2) is 0 Å². The van der Waals surface area contributed by atoms with Gasteiger partial charge in [-0.1, -0.05) is 47.1 Å². The summed E-state index contributed by atoms with van der Waals surface area (Å²) in [6.45, 7) is 6.15. The van der Waals surface area contributed by atoms with E-state index in [4.69, 9.17) is 0 Å². The molecule has 1 nitrogen and oxygen atoms in total. The third-order valence-corrected chi connectivity index (χ3v) is 5.47. The quantitative estimate of drug-likeness (QED) is 0.767. The number of hydrogen-bond acceptors (Lipinski definition) is 1. The van der Waals surface area contributed by atoms with Gasteiger partial charge < -0.3 is 4.90 Å². The van der Waals surface area contributed by atoms with Crippen LogP contribution in [-0.4, -0.2) is 29.4 Å². The fraction of sp³-hybridized carbons (Fsp3) is 0.625. The van der Waals surface area contributed by atoms with Gasteiger partial charge >= 0.3 is 0 Å². The van der Waals surface area contributed by atoms with Crippen LogP contribution in [-0.2, 0) is 6.42 Å². The normalized spacial score (nSPS) is 26.4. The van der Waals surface area contributed by atoms with Crippen molar-refractivity contribution >= 4 is 15.9 Å². The first-order valence-electron chi connectivity index (χ1n) is 7.18. The number of halogens is 1. The third-order valence-electron chi connectivity index (χ3n) is 4.72. The Balaban J connectivity index is 1.52. The van der Waals surface area contributed by atoms with Crippen molar-refractivity contribution in [3.8, 4) is 0 Å². The first kappa shape index (κ1) is 12.7. The number of alkyl halides is 1. The maximum Gasteiger partial charge on any atom is 0.0146 e. The third kappa shape index (κ3) is 2.50. The van der Waals surface area contributed by atoms with E-state index in [2.05, 4.69) is 52.0 Å². The molecule has 0 amide bonds. The van der Waals surface area contributed by atoms with Gasteiger partial charge in [0.1, 0.15) is 0 Å². The largest absolute Gasteiger partial charge is 0.303 e. The van der Waals surface area contributed by atoms with Gasteiger partial charge in [0.25, 0.3) is 0 Å². The van der Waals surface area contributed by atoms with Crippen LogP contribution >= 0.6 is 15.9 Å². The first-order chi connectivity index (χ1) is 8.74. The van der Waals surface area contributed by atoms with Crippen LogP contribution in [0.5, 0.6) is 0 Å². The molecule has 0 spiro atoms.